The maximum absolute atomic E-state index is 12.4. The summed E-state index contributed by atoms with van der Waals surface area (Å²) in [7, 11) is 2.04. The quantitative estimate of drug-likeness (QED) is 0.801. The van der Waals surface area contributed by atoms with E-state index in [2.05, 4.69) is 18.7 Å². The maximum Gasteiger partial charge on any atom is 0.261 e. The van der Waals surface area contributed by atoms with Crippen molar-refractivity contribution in [1.29, 1.82) is 0 Å². The third-order valence-electron chi connectivity index (χ3n) is 3.88. The second kappa shape index (κ2) is 5.09. The molecule has 1 heterocycles. The van der Waals surface area contributed by atoms with E-state index in [9.17, 15) is 15.0 Å². The Labute approximate surface area is 113 Å². The molecule has 0 spiro atoms. The fourth-order valence-corrected chi connectivity index (χ4v) is 2.48. The van der Waals surface area contributed by atoms with Crippen molar-refractivity contribution >= 4 is 5.91 Å². The first-order valence-corrected chi connectivity index (χ1v) is 6.44. The van der Waals surface area contributed by atoms with Crippen molar-refractivity contribution in [1.82, 2.24) is 9.80 Å². The van der Waals surface area contributed by atoms with E-state index in [4.69, 9.17) is 0 Å². The summed E-state index contributed by atoms with van der Waals surface area (Å²) < 4.78 is 0. The van der Waals surface area contributed by atoms with Crippen molar-refractivity contribution in [3.8, 4) is 11.5 Å². The van der Waals surface area contributed by atoms with Gasteiger partial charge in [0.2, 0.25) is 0 Å². The van der Waals surface area contributed by atoms with Crippen molar-refractivity contribution in [3.05, 3.63) is 23.8 Å². The van der Waals surface area contributed by atoms with E-state index in [1.54, 1.807) is 4.90 Å². The molecule has 2 atom stereocenters. The lowest BCUT2D eigenvalue weighted by molar-refractivity contribution is 0.0409. The molecule has 1 aromatic carbocycles. The first kappa shape index (κ1) is 13.7. The number of benzene rings is 1. The minimum Gasteiger partial charge on any atom is -0.507 e. The van der Waals surface area contributed by atoms with Gasteiger partial charge in [0.15, 0.2) is 0 Å². The Hall–Kier alpha value is -1.75. The number of aromatic hydroxyl groups is 2. The van der Waals surface area contributed by atoms with Crippen LogP contribution in [-0.2, 0) is 0 Å². The molecule has 5 heteroatoms. The number of likely N-dealkylation sites (N-methyl/N-ethyl adjacent to an activating group) is 1. The fourth-order valence-electron chi connectivity index (χ4n) is 2.48. The van der Waals surface area contributed by atoms with Crippen molar-refractivity contribution in [2.24, 2.45) is 0 Å². The summed E-state index contributed by atoms with van der Waals surface area (Å²) in [5, 5.41) is 19.5. The molecule has 1 aliphatic rings. The van der Waals surface area contributed by atoms with Crippen molar-refractivity contribution in [2.75, 3.05) is 20.1 Å². The standard InChI is InChI=1S/C14H20N2O3/c1-9-7-16(8-10(2)15(9)3)14(19)13-11(17)5-4-6-12(13)18/h4-6,9-10,17-18H,7-8H2,1-3H3. The van der Waals surface area contributed by atoms with E-state index in [-0.39, 0.29) is 35.1 Å². The molecule has 1 amide bonds. The number of carbonyl (C=O) groups is 1. The molecule has 0 aromatic heterocycles. The molecule has 1 saturated heterocycles. The molecular weight excluding hydrogens is 244 g/mol. The van der Waals surface area contributed by atoms with Crippen molar-refractivity contribution < 1.29 is 15.0 Å². The zero-order valence-corrected chi connectivity index (χ0v) is 11.5. The molecule has 2 N–H and O–H groups in total. The molecule has 2 unspecified atom stereocenters. The predicted octanol–water partition coefficient (Wildman–Crippen LogP) is 1.26. The van der Waals surface area contributed by atoms with E-state index in [1.165, 1.54) is 18.2 Å². The summed E-state index contributed by atoms with van der Waals surface area (Å²) in [5.41, 5.74) is -0.00791. The Morgan fingerprint density at radius 3 is 2.11 bits per heavy atom. The highest BCUT2D eigenvalue weighted by Crippen LogP contribution is 2.28. The van der Waals surface area contributed by atoms with Gasteiger partial charge in [-0.2, -0.15) is 0 Å². The van der Waals surface area contributed by atoms with E-state index >= 15 is 0 Å². The summed E-state index contributed by atoms with van der Waals surface area (Å²) in [5.74, 6) is -0.670. The Balaban J connectivity index is 2.25. The smallest absolute Gasteiger partial charge is 0.261 e. The largest absolute Gasteiger partial charge is 0.507 e. The minimum atomic E-state index is -0.317. The van der Waals surface area contributed by atoms with Crippen LogP contribution in [-0.4, -0.2) is 58.1 Å². The second-order valence-electron chi connectivity index (χ2n) is 5.24. The molecule has 104 valence electrons. The van der Waals surface area contributed by atoms with Gasteiger partial charge in [0.1, 0.15) is 17.1 Å². The highest BCUT2D eigenvalue weighted by molar-refractivity contribution is 5.99. The lowest BCUT2D eigenvalue weighted by Crippen LogP contribution is -2.56. The number of nitrogens with zero attached hydrogens (tertiary/aromatic N) is 2. The van der Waals surface area contributed by atoms with Gasteiger partial charge in [-0.25, -0.2) is 0 Å². The molecule has 19 heavy (non-hydrogen) atoms. The van der Waals surface area contributed by atoms with Gasteiger partial charge in [0.25, 0.3) is 5.91 Å². The van der Waals surface area contributed by atoms with Crippen LogP contribution >= 0.6 is 0 Å². The lowest BCUT2D eigenvalue weighted by Gasteiger charge is -2.42. The van der Waals surface area contributed by atoms with Gasteiger partial charge in [-0.3, -0.25) is 9.69 Å². The zero-order chi connectivity index (χ0) is 14.2. The summed E-state index contributed by atoms with van der Waals surface area (Å²) in [4.78, 5) is 16.3. The van der Waals surface area contributed by atoms with E-state index in [0.717, 1.165) is 0 Å². The van der Waals surface area contributed by atoms with Crippen molar-refractivity contribution in [3.63, 3.8) is 0 Å². The van der Waals surface area contributed by atoms with Crippen LogP contribution in [0.3, 0.4) is 0 Å². The normalized spacial score (nSPS) is 24.5. The van der Waals surface area contributed by atoms with Gasteiger partial charge in [-0.1, -0.05) is 6.07 Å². The van der Waals surface area contributed by atoms with Gasteiger partial charge >= 0.3 is 0 Å². The molecule has 1 aliphatic heterocycles. The van der Waals surface area contributed by atoms with Gasteiger partial charge in [-0.15, -0.1) is 0 Å². The van der Waals surface area contributed by atoms with Crippen LogP contribution in [0, 0.1) is 0 Å². The summed E-state index contributed by atoms with van der Waals surface area (Å²) in [6.07, 6.45) is 0. The lowest BCUT2D eigenvalue weighted by atomic mass is 10.1. The number of phenols is 2. The van der Waals surface area contributed by atoms with Gasteiger partial charge in [0, 0.05) is 25.2 Å². The van der Waals surface area contributed by atoms with Gasteiger partial charge in [0.05, 0.1) is 0 Å². The predicted molar refractivity (Wildman–Crippen MR) is 72.4 cm³/mol. The number of hydrogen-bond donors (Lipinski definition) is 2. The minimum absolute atomic E-state index is 0.00791. The van der Waals surface area contributed by atoms with E-state index in [1.807, 2.05) is 7.05 Å². The number of rotatable bonds is 1. The summed E-state index contributed by atoms with van der Waals surface area (Å²) >= 11 is 0. The molecular formula is C14H20N2O3. The van der Waals surface area contributed by atoms with Gasteiger partial charge in [-0.05, 0) is 33.0 Å². The molecule has 1 fully saturated rings. The molecule has 2 rings (SSSR count). The average molecular weight is 264 g/mol. The van der Waals surface area contributed by atoms with Gasteiger partial charge < -0.3 is 15.1 Å². The topological polar surface area (TPSA) is 64.0 Å². The molecule has 0 saturated carbocycles. The fraction of sp³-hybridized carbons (Fsp3) is 0.500. The van der Waals surface area contributed by atoms with E-state index < -0.39 is 0 Å². The highest BCUT2D eigenvalue weighted by Gasteiger charge is 2.31. The monoisotopic (exact) mass is 264 g/mol. The SMILES string of the molecule is CC1CN(C(=O)c2c(O)cccc2O)CC(C)N1C. The Morgan fingerprint density at radius 2 is 1.63 bits per heavy atom. The number of amides is 1. The first-order chi connectivity index (χ1) is 8.91. The number of carbonyl (C=O) groups excluding carboxylic acids is 1. The highest BCUT2D eigenvalue weighted by atomic mass is 16.3. The van der Waals surface area contributed by atoms with Crippen molar-refractivity contribution in [2.45, 2.75) is 25.9 Å². The summed E-state index contributed by atoms with van der Waals surface area (Å²) in [6.45, 7) is 5.29. The van der Waals surface area contributed by atoms with Crippen LogP contribution in [0.2, 0.25) is 0 Å². The average Bonchev–Trinajstić information content (AvgIpc) is 2.35. The van der Waals surface area contributed by atoms with Crippen LogP contribution in [0.25, 0.3) is 0 Å². The third kappa shape index (κ3) is 2.51. The maximum atomic E-state index is 12.4. The van der Waals surface area contributed by atoms with Crippen LogP contribution in [0.1, 0.15) is 24.2 Å². The molecule has 0 radical (unpaired) electrons. The Bertz CT molecular complexity index is 457. The number of piperazine rings is 1. The first-order valence-electron chi connectivity index (χ1n) is 6.44. The van der Waals surface area contributed by atoms with E-state index in [0.29, 0.717) is 13.1 Å². The molecule has 0 bridgehead atoms. The molecule has 0 aliphatic carbocycles. The Kier molecular flexibility index (Phi) is 3.66. The molecule has 5 nitrogen and oxygen atoms in total. The number of hydrogen-bond acceptors (Lipinski definition) is 4. The molecule has 1 aromatic rings. The van der Waals surface area contributed by atoms with Crippen LogP contribution < -0.4 is 0 Å². The Morgan fingerprint density at radius 1 is 1.16 bits per heavy atom. The third-order valence-corrected chi connectivity index (χ3v) is 3.88. The zero-order valence-electron chi connectivity index (χ0n) is 11.5. The van der Waals surface area contributed by atoms with Crippen LogP contribution in [0.15, 0.2) is 18.2 Å². The van der Waals surface area contributed by atoms with Crippen LogP contribution in [0.4, 0.5) is 0 Å². The second-order valence-corrected chi connectivity index (χ2v) is 5.24. The van der Waals surface area contributed by atoms with Crippen LogP contribution in [0.5, 0.6) is 11.5 Å². The summed E-state index contributed by atoms with van der Waals surface area (Å²) in [6, 6.07) is 4.84. The number of phenolic OH excluding ortho intramolecular Hbond substituents is 2.